The van der Waals surface area contributed by atoms with Crippen LogP contribution in [0.4, 0.5) is 0 Å². The van der Waals surface area contributed by atoms with Crippen molar-refractivity contribution in [3.63, 3.8) is 0 Å². The van der Waals surface area contributed by atoms with Gasteiger partial charge in [-0.15, -0.1) is 0 Å². The quantitative estimate of drug-likeness (QED) is 0.796. The Morgan fingerprint density at radius 3 is 2.11 bits per heavy atom. The van der Waals surface area contributed by atoms with Gasteiger partial charge in [-0.25, -0.2) is 0 Å². The normalized spacial score (nSPS) is 12.1. The van der Waals surface area contributed by atoms with Crippen LogP contribution in [0.2, 0.25) is 0 Å². The second kappa shape index (κ2) is 6.91. The van der Waals surface area contributed by atoms with Gasteiger partial charge in [0, 0.05) is 5.54 Å². The van der Waals surface area contributed by atoms with Crippen molar-refractivity contribution in [1.29, 1.82) is 0 Å². The molecule has 0 fully saturated rings. The molecule has 1 aromatic carbocycles. The van der Waals surface area contributed by atoms with Crippen molar-refractivity contribution in [1.82, 2.24) is 0 Å². The third kappa shape index (κ3) is 4.43. The van der Waals surface area contributed by atoms with E-state index in [1.807, 2.05) is 0 Å². The lowest BCUT2D eigenvalue weighted by Crippen LogP contribution is -2.43. The van der Waals surface area contributed by atoms with Crippen molar-refractivity contribution in [3.8, 4) is 0 Å². The summed E-state index contributed by atoms with van der Waals surface area (Å²) in [6, 6.07) is 8.65. The molecular weight excluding hydrogens is 222 g/mol. The molecule has 0 aliphatic rings. The fourth-order valence-electron chi connectivity index (χ4n) is 1.83. The standard InChI is InChI=1S/C16H27NO/c1-5-16(17,6-2)12-18-11-14-7-9-15(10-8-14)13(3)4/h7-10,13H,5-6,11-12,17H2,1-4H3. The lowest BCUT2D eigenvalue weighted by atomic mass is 9.96. The number of benzene rings is 1. The van der Waals surface area contributed by atoms with Gasteiger partial charge in [-0.05, 0) is 29.9 Å². The molecule has 0 aliphatic heterocycles. The Kier molecular flexibility index (Phi) is 5.83. The highest BCUT2D eigenvalue weighted by Gasteiger charge is 2.20. The highest BCUT2D eigenvalue weighted by atomic mass is 16.5. The zero-order chi connectivity index (χ0) is 13.6. The zero-order valence-electron chi connectivity index (χ0n) is 12.2. The molecule has 18 heavy (non-hydrogen) atoms. The number of ether oxygens (including phenoxy) is 1. The van der Waals surface area contributed by atoms with E-state index in [-0.39, 0.29) is 5.54 Å². The molecule has 0 saturated heterocycles. The summed E-state index contributed by atoms with van der Waals surface area (Å²) in [6.45, 7) is 9.92. The van der Waals surface area contributed by atoms with E-state index < -0.39 is 0 Å². The van der Waals surface area contributed by atoms with E-state index in [1.165, 1.54) is 11.1 Å². The molecule has 0 radical (unpaired) electrons. The average molecular weight is 249 g/mol. The van der Waals surface area contributed by atoms with Crippen LogP contribution in [-0.4, -0.2) is 12.1 Å². The molecule has 2 N–H and O–H groups in total. The molecule has 0 heterocycles. The third-order valence-electron chi connectivity index (χ3n) is 3.71. The molecule has 0 aromatic heterocycles. The van der Waals surface area contributed by atoms with E-state index in [0.717, 1.165) is 12.8 Å². The minimum absolute atomic E-state index is 0.169. The topological polar surface area (TPSA) is 35.2 Å². The Labute approximate surface area is 112 Å². The maximum atomic E-state index is 6.20. The van der Waals surface area contributed by atoms with Gasteiger partial charge < -0.3 is 10.5 Å². The maximum absolute atomic E-state index is 6.20. The van der Waals surface area contributed by atoms with Crippen molar-refractivity contribution in [2.45, 2.75) is 58.6 Å². The number of hydrogen-bond donors (Lipinski definition) is 1. The molecule has 0 saturated carbocycles. The number of rotatable bonds is 7. The first-order valence-electron chi connectivity index (χ1n) is 6.96. The van der Waals surface area contributed by atoms with Crippen LogP contribution < -0.4 is 5.73 Å². The van der Waals surface area contributed by atoms with Crippen molar-refractivity contribution in [3.05, 3.63) is 35.4 Å². The molecule has 0 aliphatic carbocycles. The first kappa shape index (κ1) is 15.2. The Hall–Kier alpha value is -0.860. The van der Waals surface area contributed by atoms with Gasteiger partial charge in [-0.3, -0.25) is 0 Å². The lowest BCUT2D eigenvalue weighted by molar-refractivity contribution is 0.0696. The highest BCUT2D eigenvalue weighted by Crippen LogP contribution is 2.16. The minimum atomic E-state index is -0.169. The zero-order valence-corrected chi connectivity index (χ0v) is 12.2. The van der Waals surface area contributed by atoms with E-state index in [0.29, 0.717) is 19.1 Å². The summed E-state index contributed by atoms with van der Waals surface area (Å²) in [5, 5.41) is 0. The largest absolute Gasteiger partial charge is 0.375 e. The molecule has 1 rings (SSSR count). The molecule has 0 atom stereocenters. The van der Waals surface area contributed by atoms with Gasteiger partial charge in [0.1, 0.15) is 0 Å². The van der Waals surface area contributed by atoms with Gasteiger partial charge in [-0.1, -0.05) is 52.0 Å². The van der Waals surface area contributed by atoms with Crippen LogP contribution in [0.25, 0.3) is 0 Å². The minimum Gasteiger partial charge on any atom is -0.375 e. The maximum Gasteiger partial charge on any atom is 0.0717 e. The summed E-state index contributed by atoms with van der Waals surface area (Å²) >= 11 is 0. The highest BCUT2D eigenvalue weighted by molar-refractivity contribution is 5.24. The van der Waals surface area contributed by atoms with Crippen molar-refractivity contribution in [2.75, 3.05) is 6.61 Å². The Balaban J connectivity index is 2.44. The molecule has 102 valence electrons. The third-order valence-corrected chi connectivity index (χ3v) is 3.71. The monoisotopic (exact) mass is 249 g/mol. The molecule has 0 amide bonds. The molecule has 0 spiro atoms. The van der Waals surface area contributed by atoms with Gasteiger partial charge in [0.2, 0.25) is 0 Å². The van der Waals surface area contributed by atoms with Crippen molar-refractivity contribution >= 4 is 0 Å². The summed E-state index contributed by atoms with van der Waals surface area (Å²) in [6.07, 6.45) is 1.91. The smallest absolute Gasteiger partial charge is 0.0717 e. The van der Waals surface area contributed by atoms with Gasteiger partial charge >= 0.3 is 0 Å². The van der Waals surface area contributed by atoms with Crippen LogP contribution in [0.15, 0.2) is 24.3 Å². The van der Waals surface area contributed by atoms with Crippen LogP contribution in [0.1, 0.15) is 57.6 Å². The van der Waals surface area contributed by atoms with Gasteiger partial charge in [0.25, 0.3) is 0 Å². The second-order valence-corrected chi connectivity index (χ2v) is 5.46. The van der Waals surface area contributed by atoms with E-state index >= 15 is 0 Å². The Bertz CT molecular complexity index is 339. The summed E-state index contributed by atoms with van der Waals surface area (Å²) in [7, 11) is 0. The Morgan fingerprint density at radius 2 is 1.67 bits per heavy atom. The molecule has 1 aromatic rings. The summed E-state index contributed by atoms with van der Waals surface area (Å²) in [4.78, 5) is 0. The lowest BCUT2D eigenvalue weighted by Gasteiger charge is -2.26. The van der Waals surface area contributed by atoms with E-state index in [9.17, 15) is 0 Å². The fourth-order valence-corrected chi connectivity index (χ4v) is 1.83. The van der Waals surface area contributed by atoms with Crippen molar-refractivity contribution < 1.29 is 4.74 Å². The molecule has 0 unspecified atom stereocenters. The SMILES string of the molecule is CCC(N)(CC)COCc1ccc(C(C)C)cc1. The first-order valence-corrected chi connectivity index (χ1v) is 6.96. The number of nitrogens with two attached hydrogens (primary N) is 1. The van der Waals surface area contributed by atoms with E-state index in [2.05, 4.69) is 52.0 Å². The van der Waals surface area contributed by atoms with Crippen LogP contribution in [-0.2, 0) is 11.3 Å². The molecule has 2 heteroatoms. The van der Waals surface area contributed by atoms with Crippen LogP contribution in [0, 0.1) is 0 Å². The average Bonchev–Trinajstić information content (AvgIpc) is 2.39. The van der Waals surface area contributed by atoms with Gasteiger partial charge in [-0.2, -0.15) is 0 Å². The molecular formula is C16H27NO. The van der Waals surface area contributed by atoms with Gasteiger partial charge in [0.15, 0.2) is 0 Å². The second-order valence-electron chi connectivity index (χ2n) is 5.46. The van der Waals surface area contributed by atoms with Crippen molar-refractivity contribution in [2.24, 2.45) is 5.73 Å². The fraction of sp³-hybridized carbons (Fsp3) is 0.625. The van der Waals surface area contributed by atoms with Gasteiger partial charge in [0.05, 0.1) is 13.2 Å². The van der Waals surface area contributed by atoms with Crippen LogP contribution >= 0.6 is 0 Å². The number of hydrogen-bond acceptors (Lipinski definition) is 2. The Morgan fingerprint density at radius 1 is 1.11 bits per heavy atom. The molecule has 0 bridgehead atoms. The summed E-state index contributed by atoms with van der Waals surface area (Å²) in [5.41, 5.74) is 8.62. The predicted molar refractivity (Wildman–Crippen MR) is 77.7 cm³/mol. The van der Waals surface area contributed by atoms with Crippen LogP contribution in [0.3, 0.4) is 0 Å². The van der Waals surface area contributed by atoms with E-state index in [1.54, 1.807) is 0 Å². The predicted octanol–water partition coefficient (Wildman–Crippen LogP) is 3.84. The first-order chi connectivity index (χ1) is 8.50. The van der Waals surface area contributed by atoms with E-state index in [4.69, 9.17) is 10.5 Å². The summed E-state index contributed by atoms with van der Waals surface area (Å²) in [5.74, 6) is 0.580. The summed E-state index contributed by atoms with van der Waals surface area (Å²) < 4.78 is 5.74. The molecule has 2 nitrogen and oxygen atoms in total. The van der Waals surface area contributed by atoms with Crippen LogP contribution in [0.5, 0.6) is 0 Å².